The zero-order valence-electron chi connectivity index (χ0n) is 21.1. The third kappa shape index (κ3) is 12.8. The Morgan fingerprint density at radius 2 is 0.967 bits per heavy atom. The minimum Gasteiger partial charge on any atom is -0.322 e. The molecule has 0 amide bonds. The minimum absolute atomic E-state index is 0.627. The lowest BCUT2D eigenvalue weighted by Crippen LogP contribution is -2.43. The van der Waals surface area contributed by atoms with Crippen LogP contribution in [-0.4, -0.2) is 25.1 Å². The summed E-state index contributed by atoms with van der Waals surface area (Å²) in [5.41, 5.74) is 1.50. The van der Waals surface area contributed by atoms with Gasteiger partial charge in [0.05, 0.1) is 20.6 Å². The van der Waals surface area contributed by atoms with Crippen molar-refractivity contribution in [1.82, 2.24) is 0 Å². The van der Waals surface area contributed by atoms with Crippen LogP contribution in [0.25, 0.3) is 0 Å². The van der Waals surface area contributed by atoms with Crippen molar-refractivity contribution in [2.24, 2.45) is 0 Å². The zero-order chi connectivity index (χ0) is 21.9. The molecule has 0 aliphatic carbocycles. The summed E-state index contributed by atoms with van der Waals surface area (Å²) in [7, 11) is 4.85. The molecule has 0 fully saturated rings. The predicted molar refractivity (Wildman–Crippen MR) is 136 cm³/mol. The van der Waals surface area contributed by atoms with Crippen LogP contribution in [0.15, 0.2) is 30.3 Å². The number of hydrogen-bond donors (Lipinski definition) is 0. The largest absolute Gasteiger partial charge is 0.322 e. The van der Waals surface area contributed by atoms with E-state index in [1.165, 1.54) is 121 Å². The summed E-state index contributed by atoms with van der Waals surface area (Å²) in [6.07, 6.45) is 24.3. The van der Waals surface area contributed by atoms with Crippen molar-refractivity contribution in [3.8, 4) is 0 Å². The Labute approximate surface area is 190 Å². The number of nitrogens with zero attached hydrogens (tertiary/aromatic N) is 1. The van der Waals surface area contributed by atoms with Gasteiger partial charge in [-0.25, -0.2) is 0 Å². The van der Waals surface area contributed by atoms with Gasteiger partial charge in [0.15, 0.2) is 0 Å². The van der Waals surface area contributed by atoms with E-state index in [2.05, 4.69) is 58.3 Å². The first-order valence-corrected chi connectivity index (χ1v) is 13.5. The Hall–Kier alpha value is -0.820. The van der Waals surface area contributed by atoms with Gasteiger partial charge in [-0.15, -0.1) is 0 Å². The van der Waals surface area contributed by atoms with E-state index in [1.54, 1.807) is 0 Å². The molecule has 0 spiro atoms. The topological polar surface area (TPSA) is 0 Å². The molecule has 1 rings (SSSR count). The van der Waals surface area contributed by atoms with Crippen LogP contribution < -0.4 is 0 Å². The standard InChI is InChI=1S/C29H54N/c1-5-7-8-9-10-11-12-13-14-15-16-17-18-19-20-24-27-30(3,4)29(6-2)28-25-22-21-23-26-28/h21-23,25-26,29H,5-20,24,27H2,1-4H3/q+1/t29-/m1/s1. The molecule has 174 valence electrons. The highest BCUT2D eigenvalue weighted by molar-refractivity contribution is 5.17. The van der Waals surface area contributed by atoms with Crippen LogP contribution in [0.5, 0.6) is 0 Å². The van der Waals surface area contributed by atoms with Crippen LogP contribution in [-0.2, 0) is 0 Å². The first-order valence-electron chi connectivity index (χ1n) is 13.5. The van der Waals surface area contributed by atoms with Gasteiger partial charge < -0.3 is 4.48 Å². The molecule has 1 aromatic carbocycles. The van der Waals surface area contributed by atoms with Gasteiger partial charge in [-0.05, 0) is 12.8 Å². The van der Waals surface area contributed by atoms with Crippen molar-refractivity contribution in [3.05, 3.63) is 35.9 Å². The monoisotopic (exact) mass is 416 g/mol. The van der Waals surface area contributed by atoms with Crippen LogP contribution >= 0.6 is 0 Å². The average molecular weight is 417 g/mol. The summed E-state index contributed by atoms with van der Waals surface area (Å²) in [4.78, 5) is 0. The predicted octanol–water partition coefficient (Wildman–Crippen LogP) is 9.48. The van der Waals surface area contributed by atoms with Gasteiger partial charge in [0.2, 0.25) is 0 Å². The molecule has 1 aromatic rings. The van der Waals surface area contributed by atoms with E-state index >= 15 is 0 Å². The molecular formula is C29H54N+. The van der Waals surface area contributed by atoms with Crippen LogP contribution in [0.3, 0.4) is 0 Å². The van der Waals surface area contributed by atoms with Crippen molar-refractivity contribution in [1.29, 1.82) is 0 Å². The molecule has 0 aliphatic rings. The normalized spacial score (nSPS) is 12.9. The highest BCUT2D eigenvalue weighted by atomic mass is 15.3. The summed E-state index contributed by atoms with van der Waals surface area (Å²) in [6.45, 7) is 5.94. The smallest absolute Gasteiger partial charge is 0.114 e. The van der Waals surface area contributed by atoms with Gasteiger partial charge in [0.1, 0.15) is 6.04 Å². The second-order valence-corrected chi connectivity index (χ2v) is 10.1. The molecule has 0 saturated heterocycles. The number of benzene rings is 1. The number of quaternary nitrogens is 1. The maximum atomic E-state index is 2.42. The Kier molecular flexibility index (Phi) is 16.2. The Morgan fingerprint density at radius 3 is 1.37 bits per heavy atom. The van der Waals surface area contributed by atoms with E-state index in [-0.39, 0.29) is 0 Å². The molecule has 0 heterocycles. The first-order chi connectivity index (χ1) is 14.6. The second-order valence-electron chi connectivity index (χ2n) is 10.1. The number of rotatable bonds is 20. The quantitative estimate of drug-likeness (QED) is 0.147. The van der Waals surface area contributed by atoms with Crippen molar-refractivity contribution in [2.45, 2.75) is 129 Å². The van der Waals surface area contributed by atoms with E-state index in [1.807, 2.05) is 0 Å². The lowest BCUT2D eigenvalue weighted by molar-refractivity contribution is -0.921. The van der Waals surface area contributed by atoms with Gasteiger partial charge in [-0.2, -0.15) is 0 Å². The SMILES string of the molecule is CCCCCCCCCCCCCCCCCC[N+](C)(C)[C@H](CC)c1ccccc1. The fraction of sp³-hybridized carbons (Fsp3) is 0.793. The van der Waals surface area contributed by atoms with Crippen LogP contribution in [0.4, 0.5) is 0 Å². The molecule has 0 unspecified atom stereocenters. The molecule has 1 atom stereocenters. The lowest BCUT2D eigenvalue weighted by atomic mass is 10.00. The molecule has 1 nitrogen and oxygen atoms in total. The van der Waals surface area contributed by atoms with Crippen molar-refractivity contribution < 1.29 is 4.48 Å². The molecule has 0 saturated carbocycles. The Balaban J connectivity index is 1.95. The van der Waals surface area contributed by atoms with Crippen LogP contribution in [0.1, 0.15) is 135 Å². The molecule has 0 radical (unpaired) electrons. The summed E-state index contributed by atoms with van der Waals surface area (Å²) in [6, 6.07) is 11.7. The molecule has 0 bridgehead atoms. The van der Waals surface area contributed by atoms with E-state index in [9.17, 15) is 0 Å². The highest BCUT2D eigenvalue weighted by Gasteiger charge is 2.27. The van der Waals surface area contributed by atoms with E-state index in [0.29, 0.717) is 6.04 Å². The Bertz CT molecular complexity index is 478. The number of unbranched alkanes of at least 4 members (excludes halogenated alkanes) is 15. The minimum atomic E-state index is 0.627. The van der Waals surface area contributed by atoms with E-state index in [0.717, 1.165) is 4.48 Å². The zero-order valence-corrected chi connectivity index (χ0v) is 21.1. The van der Waals surface area contributed by atoms with Gasteiger partial charge in [-0.3, -0.25) is 0 Å². The molecule has 0 aliphatic heterocycles. The van der Waals surface area contributed by atoms with Crippen LogP contribution in [0, 0.1) is 0 Å². The van der Waals surface area contributed by atoms with Gasteiger partial charge in [0.25, 0.3) is 0 Å². The maximum absolute atomic E-state index is 2.42. The van der Waals surface area contributed by atoms with Gasteiger partial charge >= 0.3 is 0 Å². The average Bonchev–Trinajstić information content (AvgIpc) is 2.74. The fourth-order valence-corrected chi connectivity index (χ4v) is 5.03. The van der Waals surface area contributed by atoms with Gasteiger partial charge in [0, 0.05) is 12.0 Å². The molecular weight excluding hydrogens is 362 g/mol. The summed E-state index contributed by atoms with van der Waals surface area (Å²) < 4.78 is 1.12. The number of hydrogen-bond acceptors (Lipinski definition) is 0. The first kappa shape index (κ1) is 27.2. The second kappa shape index (κ2) is 17.8. The van der Waals surface area contributed by atoms with E-state index < -0.39 is 0 Å². The van der Waals surface area contributed by atoms with Crippen molar-refractivity contribution in [3.63, 3.8) is 0 Å². The summed E-state index contributed by atoms with van der Waals surface area (Å²) in [5.74, 6) is 0. The summed E-state index contributed by atoms with van der Waals surface area (Å²) >= 11 is 0. The third-order valence-electron chi connectivity index (χ3n) is 7.00. The Morgan fingerprint density at radius 1 is 0.567 bits per heavy atom. The highest BCUT2D eigenvalue weighted by Crippen LogP contribution is 2.28. The van der Waals surface area contributed by atoms with Gasteiger partial charge in [-0.1, -0.05) is 134 Å². The molecule has 0 N–H and O–H groups in total. The summed E-state index contributed by atoms with van der Waals surface area (Å²) in [5, 5.41) is 0. The fourth-order valence-electron chi connectivity index (χ4n) is 5.03. The van der Waals surface area contributed by atoms with Crippen molar-refractivity contribution >= 4 is 0 Å². The molecule has 0 aromatic heterocycles. The maximum Gasteiger partial charge on any atom is 0.114 e. The molecule has 30 heavy (non-hydrogen) atoms. The lowest BCUT2D eigenvalue weighted by Gasteiger charge is -2.38. The van der Waals surface area contributed by atoms with Crippen LogP contribution in [0.2, 0.25) is 0 Å². The third-order valence-corrected chi connectivity index (χ3v) is 7.00. The molecule has 1 heteroatoms. The van der Waals surface area contributed by atoms with E-state index in [4.69, 9.17) is 0 Å². The van der Waals surface area contributed by atoms with Crippen molar-refractivity contribution in [2.75, 3.05) is 20.6 Å².